The molecule has 2 N–H and O–H groups in total. The average molecular weight is 285 g/mol. The summed E-state index contributed by atoms with van der Waals surface area (Å²) in [4.78, 5) is 17.9. The van der Waals surface area contributed by atoms with E-state index in [1.165, 1.54) is 25.9 Å². The van der Waals surface area contributed by atoms with Crippen molar-refractivity contribution in [1.29, 1.82) is 0 Å². The van der Waals surface area contributed by atoms with Crippen LogP contribution in [0.4, 0.5) is 0 Å². The number of aromatic nitrogens is 1. The molecule has 1 aromatic carbocycles. The van der Waals surface area contributed by atoms with E-state index in [9.17, 15) is 4.79 Å². The van der Waals surface area contributed by atoms with Gasteiger partial charge in [0.05, 0.1) is 0 Å². The van der Waals surface area contributed by atoms with Gasteiger partial charge in [0.2, 0.25) is 0 Å². The number of amides is 1. The van der Waals surface area contributed by atoms with Crippen molar-refractivity contribution in [2.45, 2.75) is 19.8 Å². The Morgan fingerprint density at radius 3 is 2.86 bits per heavy atom. The molecule has 0 saturated carbocycles. The molecule has 1 fully saturated rings. The molecule has 21 heavy (non-hydrogen) atoms. The fourth-order valence-electron chi connectivity index (χ4n) is 3.03. The fraction of sp³-hybridized carbons (Fsp3) is 0.471. The largest absolute Gasteiger partial charge is 0.351 e. The number of H-pyrrole nitrogens is 1. The van der Waals surface area contributed by atoms with Crippen molar-refractivity contribution in [2.75, 3.05) is 26.2 Å². The Kier molecular flexibility index (Phi) is 4.25. The number of likely N-dealkylation sites (tertiary alicyclic amines) is 1. The van der Waals surface area contributed by atoms with E-state index in [1.807, 2.05) is 30.3 Å². The molecule has 0 bridgehead atoms. The van der Waals surface area contributed by atoms with Gasteiger partial charge in [0.15, 0.2) is 0 Å². The smallest absolute Gasteiger partial charge is 0.267 e. The van der Waals surface area contributed by atoms with Gasteiger partial charge in [-0.25, -0.2) is 0 Å². The minimum atomic E-state index is -0.0144. The number of para-hydroxylation sites is 1. The molecule has 0 spiro atoms. The molecule has 1 amide bonds. The number of hydrogen-bond donors (Lipinski definition) is 2. The first-order chi connectivity index (χ1) is 10.2. The maximum absolute atomic E-state index is 12.2. The summed E-state index contributed by atoms with van der Waals surface area (Å²) in [5.74, 6) is 0.468. The Labute approximate surface area is 125 Å². The number of hydrogen-bond acceptors (Lipinski definition) is 2. The van der Waals surface area contributed by atoms with Gasteiger partial charge in [0.1, 0.15) is 5.69 Å². The van der Waals surface area contributed by atoms with Crippen molar-refractivity contribution < 1.29 is 4.79 Å². The molecule has 1 aliphatic heterocycles. The van der Waals surface area contributed by atoms with Gasteiger partial charge in [0, 0.05) is 24.0 Å². The van der Waals surface area contributed by atoms with Crippen LogP contribution in [-0.2, 0) is 0 Å². The van der Waals surface area contributed by atoms with Crippen LogP contribution in [-0.4, -0.2) is 42.0 Å². The van der Waals surface area contributed by atoms with E-state index < -0.39 is 0 Å². The molecule has 1 saturated heterocycles. The molecule has 0 radical (unpaired) electrons. The standard InChI is InChI=1S/C17H23N3O/c1-13(12-20-8-4-5-9-20)11-18-17(21)16-10-14-6-2-3-7-15(14)19-16/h2-3,6-7,10,13,19H,4-5,8-9,11-12H2,1H3,(H,18,21). The topological polar surface area (TPSA) is 48.1 Å². The third kappa shape index (κ3) is 3.45. The monoisotopic (exact) mass is 285 g/mol. The van der Waals surface area contributed by atoms with Crippen molar-refractivity contribution in [3.8, 4) is 0 Å². The van der Waals surface area contributed by atoms with E-state index in [1.54, 1.807) is 0 Å². The van der Waals surface area contributed by atoms with Crippen LogP contribution in [0, 0.1) is 5.92 Å². The zero-order valence-electron chi connectivity index (χ0n) is 12.6. The lowest BCUT2D eigenvalue weighted by atomic mass is 10.1. The number of fused-ring (bicyclic) bond motifs is 1. The number of carbonyl (C=O) groups is 1. The summed E-state index contributed by atoms with van der Waals surface area (Å²) in [6.45, 7) is 6.42. The van der Waals surface area contributed by atoms with E-state index in [4.69, 9.17) is 0 Å². The number of aromatic amines is 1. The molecular formula is C17H23N3O. The van der Waals surface area contributed by atoms with Gasteiger partial charge in [0.25, 0.3) is 5.91 Å². The van der Waals surface area contributed by atoms with E-state index in [0.29, 0.717) is 11.6 Å². The van der Waals surface area contributed by atoms with Gasteiger partial charge in [-0.15, -0.1) is 0 Å². The quantitative estimate of drug-likeness (QED) is 0.887. The first-order valence-corrected chi connectivity index (χ1v) is 7.80. The Bertz CT molecular complexity index is 580. The molecule has 1 aliphatic rings. The normalized spacial score (nSPS) is 17.2. The first-order valence-electron chi connectivity index (χ1n) is 7.80. The molecule has 4 heteroatoms. The number of carbonyl (C=O) groups excluding carboxylic acids is 1. The second-order valence-electron chi connectivity index (χ2n) is 6.09. The highest BCUT2D eigenvalue weighted by Gasteiger charge is 2.16. The number of nitrogens with zero attached hydrogens (tertiary/aromatic N) is 1. The molecular weight excluding hydrogens is 262 g/mol. The number of benzene rings is 1. The van der Waals surface area contributed by atoms with Crippen molar-refractivity contribution in [3.63, 3.8) is 0 Å². The SMILES string of the molecule is CC(CNC(=O)c1cc2ccccc2[nH]1)CN1CCCC1. The molecule has 1 atom stereocenters. The Balaban J connectivity index is 1.53. The van der Waals surface area contributed by atoms with Crippen LogP contribution in [0.5, 0.6) is 0 Å². The van der Waals surface area contributed by atoms with E-state index in [0.717, 1.165) is 24.0 Å². The lowest BCUT2D eigenvalue weighted by Gasteiger charge is -2.20. The maximum atomic E-state index is 12.2. The number of rotatable bonds is 5. The second-order valence-corrected chi connectivity index (χ2v) is 6.09. The Morgan fingerprint density at radius 2 is 2.10 bits per heavy atom. The number of nitrogens with one attached hydrogen (secondary N) is 2. The van der Waals surface area contributed by atoms with Crippen LogP contribution >= 0.6 is 0 Å². The van der Waals surface area contributed by atoms with Gasteiger partial charge in [-0.3, -0.25) is 4.79 Å². The van der Waals surface area contributed by atoms with E-state index in [-0.39, 0.29) is 5.91 Å². The molecule has 1 unspecified atom stereocenters. The van der Waals surface area contributed by atoms with Crippen LogP contribution in [0.15, 0.2) is 30.3 Å². The highest BCUT2D eigenvalue weighted by Crippen LogP contribution is 2.14. The Hall–Kier alpha value is -1.81. The lowest BCUT2D eigenvalue weighted by molar-refractivity contribution is 0.0941. The summed E-state index contributed by atoms with van der Waals surface area (Å²) >= 11 is 0. The van der Waals surface area contributed by atoms with Crippen molar-refractivity contribution in [3.05, 3.63) is 36.0 Å². The first kappa shape index (κ1) is 14.1. The summed E-state index contributed by atoms with van der Waals surface area (Å²) in [5, 5.41) is 4.11. The molecule has 2 aromatic rings. The third-order valence-electron chi connectivity index (χ3n) is 4.15. The third-order valence-corrected chi connectivity index (χ3v) is 4.15. The van der Waals surface area contributed by atoms with Gasteiger partial charge < -0.3 is 15.2 Å². The predicted octanol–water partition coefficient (Wildman–Crippen LogP) is 2.63. The van der Waals surface area contributed by atoms with Crippen LogP contribution < -0.4 is 5.32 Å². The van der Waals surface area contributed by atoms with E-state index >= 15 is 0 Å². The minimum absolute atomic E-state index is 0.0144. The molecule has 4 nitrogen and oxygen atoms in total. The van der Waals surface area contributed by atoms with Crippen LogP contribution in [0.25, 0.3) is 10.9 Å². The van der Waals surface area contributed by atoms with Crippen LogP contribution in [0.1, 0.15) is 30.3 Å². The highest BCUT2D eigenvalue weighted by atomic mass is 16.1. The van der Waals surface area contributed by atoms with Crippen LogP contribution in [0.2, 0.25) is 0 Å². The fourth-order valence-corrected chi connectivity index (χ4v) is 3.03. The molecule has 3 rings (SSSR count). The molecule has 0 aliphatic carbocycles. The Morgan fingerprint density at radius 1 is 1.33 bits per heavy atom. The highest BCUT2D eigenvalue weighted by molar-refractivity contribution is 5.97. The molecule has 112 valence electrons. The second kappa shape index (κ2) is 6.31. The van der Waals surface area contributed by atoms with Gasteiger partial charge in [-0.1, -0.05) is 25.1 Å². The average Bonchev–Trinajstić information content (AvgIpc) is 3.13. The maximum Gasteiger partial charge on any atom is 0.267 e. The predicted molar refractivity (Wildman–Crippen MR) is 85.5 cm³/mol. The summed E-state index contributed by atoms with van der Waals surface area (Å²) in [6.07, 6.45) is 2.63. The van der Waals surface area contributed by atoms with Crippen molar-refractivity contribution in [1.82, 2.24) is 15.2 Å². The van der Waals surface area contributed by atoms with E-state index in [2.05, 4.69) is 22.1 Å². The zero-order chi connectivity index (χ0) is 14.7. The van der Waals surface area contributed by atoms with Gasteiger partial charge >= 0.3 is 0 Å². The molecule has 1 aromatic heterocycles. The van der Waals surface area contributed by atoms with Gasteiger partial charge in [-0.05, 0) is 44.0 Å². The summed E-state index contributed by atoms with van der Waals surface area (Å²) in [5.41, 5.74) is 1.65. The van der Waals surface area contributed by atoms with Crippen molar-refractivity contribution in [2.24, 2.45) is 5.92 Å². The zero-order valence-corrected chi connectivity index (χ0v) is 12.6. The summed E-state index contributed by atoms with van der Waals surface area (Å²) in [6, 6.07) is 9.87. The van der Waals surface area contributed by atoms with Crippen LogP contribution in [0.3, 0.4) is 0 Å². The summed E-state index contributed by atoms with van der Waals surface area (Å²) < 4.78 is 0. The molecule has 2 heterocycles. The summed E-state index contributed by atoms with van der Waals surface area (Å²) in [7, 11) is 0. The van der Waals surface area contributed by atoms with Gasteiger partial charge in [-0.2, -0.15) is 0 Å². The van der Waals surface area contributed by atoms with Crippen molar-refractivity contribution >= 4 is 16.8 Å². The minimum Gasteiger partial charge on any atom is -0.351 e. The lowest BCUT2D eigenvalue weighted by Crippen LogP contribution is -2.34.